The molecule has 2 heterocycles. The predicted octanol–water partition coefficient (Wildman–Crippen LogP) is 1.02. The Morgan fingerprint density at radius 3 is 2.95 bits per heavy atom. The molecule has 110 valence electrons. The van der Waals surface area contributed by atoms with Gasteiger partial charge in [0.25, 0.3) is 5.91 Å². The van der Waals surface area contributed by atoms with Crippen molar-refractivity contribution in [2.45, 2.75) is 19.8 Å². The van der Waals surface area contributed by atoms with Crippen molar-refractivity contribution in [1.29, 1.82) is 0 Å². The molecule has 0 aliphatic carbocycles. The number of carbonyl (C=O) groups excluding carboxylic acids is 2. The number of nitrogens with zero attached hydrogens (tertiary/aromatic N) is 1. The second kappa shape index (κ2) is 6.85. The fourth-order valence-corrected chi connectivity index (χ4v) is 3.17. The van der Waals surface area contributed by atoms with E-state index in [-0.39, 0.29) is 25.0 Å². The van der Waals surface area contributed by atoms with Gasteiger partial charge < -0.3 is 15.3 Å². The topological polar surface area (TPSA) is 69.6 Å². The van der Waals surface area contributed by atoms with Crippen LogP contribution < -0.4 is 5.32 Å². The molecule has 20 heavy (non-hydrogen) atoms. The summed E-state index contributed by atoms with van der Waals surface area (Å²) in [7, 11) is 0. The van der Waals surface area contributed by atoms with E-state index in [1.165, 1.54) is 11.3 Å². The number of aryl methyl sites for hydroxylation is 1. The van der Waals surface area contributed by atoms with Gasteiger partial charge in [0.1, 0.15) is 0 Å². The Hall–Kier alpha value is -1.40. The highest BCUT2D eigenvalue weighted by molar-refractivity contribution is 7.13. The van der Waals surface area contributed by atoms with Gasteiger partial charge in [0.15, 0.2) is 0 Å². The van der Waals surface area contributed by atoms with Crippen LogP contribution in [0.25, 0.3) is 0 Å². The summed E-state index contributed by atoms with van der Waals surface area (Å²) in [5.74, 6) is 0.147. The maximum absolute atomic E-state index is 12.0. The normalized spacial score (nSPS) is 18.3. The van der Waals surface area contributed by atoms with Crippen molar-refractivity contribution in [2.24, 2.45) is 5.92 Å². The average molecular weight is 296 g/mol. The molecule has 1 aromatic rings. The van der Waals surface area contributed by atoms with Gasteiger partial charge >= 0.3 is 0 Å². The van der Waals surface area contributed by atoms with Gasteiger partial charge in [-0.05, 0) is 37.8 Å². The van der Waals surface area contributed by atoms with Crippen molar-refractivity contribution in [1.82, 2.24) is 10.2 Å². The highest BCUT2D eigenvalue weighted by atomic mass is 32.1. The second-order valence-electron chi connectivity index (χ2n) is 5.10. The van der Waals surface area contributed by atoms with Gasteiger partial charge in [0.05, 0.1) is 11.4 Å². The van der Waals surface area contributed by atoms with Gasteiger partial charge in [-0.1, -0.05) is 0 Å². The summed E-state index contributed by atoms with van der Waals surface area (Å²) in [6.45, 7) is 3.56. The summed E-state index contributed by atoms with van der Waals surface area (Å²) in [4.78, 5) is 27.3. The van der Waals surface area contributed by atoms with Crippen molar-refractivity contribution >= 4 is 23.2 Å². The zero-order valence-electron chi connectivity index (χ0n) is 11.6. The van der Waals surface area contributed by atoms with Crippen molar-refractivity contribution in [3.63, 3.8) is 0 Å². The molecule has 1 aliphatic rings. The van der Waals surface area contributed by atoms with Gasteiger partial charge in [-0.2, -0.15) is 0 Å². The molecule has 1 aromatic heterocycles. The van der Waals surface area contributed by atoms with Crippen molar-refractivity contribution in [3.8, 4) is 0 Å². The van der Waals surface area contributed by atoms with Gasteiger partial charge in [0.2, 0.25) is 5.91 Å². The first-order valence-electron chi connectivity index (χ1n) is 6.83. The number of aliphatic hydroxyl groups excluding tert-OH is 1. The van der Waals surface area contributed by atoms with Crippen LogP contribution in [0.3, 0.4) is 0 Å². The van der Waals surface area contributed by atoms with Gasteiger partial charge in [0, 0.05) is 24.6 Å². The predicted molar refractivity (Wildman–Crippen MR) is 77.8 cm³/mol. The first-order chi connectivity index (χ1) is 9.60. The molecule has 1 saturated heterocycles. The molecular weight excluding hydrogens is 276 g/mol. The maximum atomic E-state index is 12.0. The number of nitrogens with one attached hydrogen (secondary N) is 1. The number of amides is 2. The second-order valence-corrected chi connectivity index (χ2v) is 6.39. The zero-order valence-corrected chi connectivity index (χ0v) is 12.4. The van der Waals surface area contributed by atoms with Crippen molar-refractivity contribution < 1.29 is 14.7 Å². The van der Waals surface area contributed by atoms with E-state index in [4.69, 9.17) is 5.11 Å². The summed E-state index contributed by atoms with van der Waals surface area (Å²) >= 11 is 1.42. The molecule has 2 rings (SSSR count). The summed E-state index contributed by atoms with van der Waals surface area (Å²) in [6, 6.07) is 3.66. The fraction of sp³-hybridized carbons (Fsp3) is 0.571. The molecular formula is C14H20N2O3S. The lowest BCUT2D eigenvalue weighted by Crippen LogP contribution is -2.38. The zero-order chi connectivity index (χ0) is 14.5. The largest absolute Gasteiger partial charge is 0.396 e. The van der Waals surface area contributed by atoms with Crippen LogP contribution in [0.5, 0.6) is 0 Å². The highest BCUT2D eigenvalue weighted by Crippen LogP contribution is 2.19. The standard InChI is InChI=1S/C14H20N2O3S/c1-10-2-3-12(20-10)14(19)15-8-13(18)16-6-4-11(9-16)5-7-17/h2-3,11,17H,4-9H2,1H3,(H,15,19). The van der Waals surface area contributed by atoms with Crippen molar-refractivity contribution in [3.05, 3.63) is 21.9 Å². The smallest absolute Gasteiger partial charge is 0.261 e. The van der Waals surface area contributed by atoms with Crippen LogP contribution in [0.2, 0.25) is 0 Å². The van der Waals surface area contributed by atoms with Crippen LogP contribution in [-0.2, 0) is 4.79 Å². The van der Waals surface area contributed by atoms with E-state index < -0.39 is 0 Å². The third-order valence-electron chi connectivity index (χ3n) is 3.54. The number of likely N-dealkylation sites (tertiary alicyclic amines) is 1. The minimum atomic E-state index is -0.192. The quantitative estimate of drug-likeness (QED) is 0.852. The fourth-order valence-electron chi connectivity index (χ4n) is 2.39. The molecule has 5 nitrogen and oxygen atoms in total. The molecule has 6 heteroatoms. The molecule has 1 aliphatic heterocycles. The third kappa shape index (κ3) is 3.80. The molecule has 0 aromatic carbocycles. The minimum Gasteiger partial charge on any atom is -0.396 e. The number of aliphatic hydroxyl groups is 1. The minimum absolute atomic E-state index is 0.0433. The molecule has 2 N–H and O–H groups in total. The Labute approximate surface area is 122 Å². The van der Waals surface area contributed by atoms with Gasteiger partial charge in [-0.15, -0.1) is 11.3 Å². The van der Waals surface area contributed by atoms with E-state index in [2.05, 4.69) is 5.32 Å². The SMILES string of the molecule is Cc1ccc(C(=O)NCC(=O)N2CCC(CCO)C2)s1. The van der Waals surface area contributed by atoms with E-state index in [1.807, 2.05) is 13.0 Å². The Balaban J connectivity index is 1.77. The van der Waals surface area contributed by atoms with Crippen LogP contribution in [0.4, 0.5) is 0 Å². The summed E-state index contributed by atoms with van der Waals surface area (Å²) < 4.78 is 0. The van der Waals surface area contributed by atoms with E-state index >= 15 is 0 Å². The Kier molecular flexibility index (Phi) is 5.14. The van der Waals surface area contributed by atoms with E-state index in [0.29, 0.717) is 17.3 Å². The van der Waals surface area contributed by atoms with Crippen LogP contribution in [0.15, 0.2) is 12.1 Å². The van der Waals surface area contributed by atoms with Crippen LogP contribution in [0, 0.1) is 12.8 Å². The summed E-state index contributed by atoms with van der Waals surface area (Å²) in [5, 5.41) is 11.6. The molecule has 0 bridgehead atoms. The molecule has 1 unspecified atom stereocenters. The van der Waals surface area contributed by atoms with E-state index in [1.54, 1.807) is 11.0 Å². The number of rotatable bonds is 5. The number of hydrogen-bond donors (Lipinski definition) is 2. The number of thiophene rings is 1. The number of carbonyl (C=O) groups is 2. The van der Waals surface area contributed by atoms with E-state index in [0.717, 1.165) is 24.3 Å². The maximum Gasteiger partial charge on any atom is 0.261 e. The van der Waals surface area contributed by atoms with Crippen molar-refractivity contribution in [2.75, 3.05) is 26.2 Å². The van der Waals surface area contributed by atoms with Gasteiger partial charge in [-0.25, -0.2) is 0 Å². The van der Waals surface area contributed by atoms with Crippen LogP contribution in [-0.4, -0.2) is 48.1 Å². The molecule has 1 fully saturated rings. The lowest BCUT2D eigenvalue weighted by atomic mass is 10.1. The lowest BCUT2D eigenvalue weighted by molar-refractivity contribution is -0.129. The van der Waals surface area contributed by atoms with E-state index in [9.17, 15) is 9.59 Å². The molecule has 0 radical (unpaired) electrons. The monoisotopic (exact) mass is 296 g/mol. The number of hydrogen-bond acceptors (Lipinski definition) is 4. The van der Waals surface area contributed by atoms with Gasteiger partial charge in [-0.3, -0.25) is 9.59 Å². The molecule has 0 saturated carbocycles. The molecule has 1 atom stereocenters. The Bertz CT molecular complexity index is 487. The Morgan fingerprint density at radius 2 is 2.30 bits per heavy atom. The summed E-state index contributed by atoms with van der Waals surface area (Å²) in [6.07, 6.45) is 1.68. The molecule has 2 amide bonds. The first kappa shape index (κ1) is 15.0. The third-order valence-corrected chi connectivity index (χ3v) is 4.54. The Morgan fingerprint density at radius 1 is 1.50 bits per heavy atom. The first-order valence-corrected chi connectivity index (χ1v) is 7.65. The van der Waals surface area contributed by atoms with Crippen LogP contribution >= 0.6 is 11.3 Å². The molecule has 0 spiro atoms. The average Bonchev–Trinajstić information content (AvgIpc) is 3.05. The van der Waals surface area contributed by atoms with Crippen LogP contribution in [0.1, 0.15) is 27.4 Å². The summed E-state index contributed by atoms with van der Waals surface area (Å²) in [5.41, 5.74) is 0. The highest BCUT2D eigenvalue weighted by Gasteiger charge is 2.25. The lowest BCUT2D eigenvalue weighted by Gasteiger charge is -2.16.